The summed E-state index contributed by atoms with van der Waals surface area (Å²) in [6.45, 7) is 2.93. The van der Waals surface area contributed by atoms with Crippen LogP contribution in [0.2, 0.25) is 0 Å². The summed E-state index contributed by atoms with van der Waals surface area (Å²) in [6, 6.07) is 9.13. The number of anilines is 2. The summed E-state index contributed by atoms with van der Waals surface area (Å²) in [6.07, 6.45) is 7.53. The van der Waals surface area contributed by atoms with Gasteiger partial charge < -0.3 is 15.0 Å². The summed E-state index contributed by atoms with van der Waals surface area (Å²) >= 11 is 0. The highest BCUT2D eigenvalue weighted by Crippen LogP contribution is 2.23. The van der Waals surface area contributed by atoms with Crippen LogP contribution in [-0.4, -0.2) is 41.5 Å². The van der Waals surface area contributed by atoms with Gasteiger partial charge in [-0.25, -0.2) is 4.79 Å². The van der Waals surface area contributed by atoms with E-state index in [0.29, 0.717) is 22.9 Å². The number of nitrogens with zero attached hydrogens (tertiary/aromatic N) is 2. The minimum Gasteiger partial charge on any atom is -0.465 e. The predicted molar refractivity (Wildman–Crippen MR) is 104 cm³/mol. The second-order valence-electron chi connectivity index (χ2n) is 6.72. The molecule has 0 bridgehead atoms. The molecular weight excluding hydrogens is 342 g/mol. The first-order valence-corrected chi connectivity index (χ1v) is 9.33. The average molecular weight is 367 g/mol. The number of hydrogen-bond acceptors (Lipinski definition) is 5. The highest BCUT2D eigenvalue weighted by Gasteiger charge is 2.26. The van der Waals surface area contributed by atoms with E-state index in [2.05, 4.69) is 17.2 Å². The number of methoxy groups -OCH3 is 1. The molecule has 1 aliphatic rings. The molecule has 0 spiro atoms. The van der Waals surface area contributed by atoms with E-state index in [1.807, 2.05) is 17.0 Å². The van der Waals surface area contributed by atoms with Gasteiger partial charge in [0.2, 0.25) is 0 Å². The molecule has 6 heteroatoms. The standard InChI is InChI=1S/C21H25N3O3/c1-3-19-9-4-5-10-24(19)20(25)16-12-18(14-22-13-16)23-17-8-6-7-15(11-17)21(26)27-2/h6-8,11-14,19,23H,3-5,9-10H2,1-2H3. The molecule has 2 aromatic rings. The molecule has 1 atom stereocenters. The van der Waals surface area contributed by atoms with Gasteiger partial charge in [0.1, 0.15) is 0 Å². The number of ether oxygens (including phenoxy) is 1. The number of benzene rings is 1. The van der Waals surface area contributed by atoms with Gasteiger partial charge in [-0.3, -0.25) is 9.78 Å². The van der Waals surface area contributed by atoms with E-state index in [1.54, 1.807) is 30.6 Å². The Balaban J connectivity index is 1.77. The first-order valence-electron chi connectivity index (χ1n) is 9.33. The summed E-state index contributed by atoms with van der Waals surface area (Å²) in [7, 11) is 1.35. The largest absolute Gasteiger partial charge is 0.465 e. The molecule has 1 amide bonds. The lowest BCUT2D eigenvalue weighted by atomic mass is 9.99. The molecule has 1 aliphatic heterocycles. The lowest BCUT2D eigenvalue weighted by molar-refractivity contribution is 0.0595. The minimum absolute atomic E-state index is 0.0287. The molecule has 1 unspecified atom stereocenters. The Morgan fingerprint density at radius 1 is 1.19 bits per heavy atom. The second kappa shape index (κ2) is 8.66. The van der Waals surface area contributed by atoms with Crippen LogP contribution >= 0.6 is 0 Å². The Kier molecular flexibility index (Phi) is 6.06. The van der Waals surface area contributed by atoms with E-state index >= 15 is 0 Å². The van der Waals surface area contributed by atoms with Gasteiger partial charge in [0.15, 0.2) is 0 Å². The Morgan fingerprint density at radius 2 is 2.00 bits per heavy atom. The molecule has 27 heavy (non-hydrogen) atoms. The third kappa shape index (κ3) is 4.45. The molecule has 1 N–H and O–H groups in total. The van der Waals surface area contributed by atoms with Crippen LogP contribution < -0.4 is 5.32 Å². The van der Waals surface area contributed by atoms with Gasteiger partial charge in [0.05, 0.1) is 30.1 Å². The third-order valence-electron chi connectivity index (χ3n) is 4.92. The van der Waals surface area contributed by atoms with Gasteiger partial charge in [0, 0.05) is 24.5 Å². The Bertz CT molecular complexity index is 822. The molecule has 3 rings (SSSR count). The number of esters is 1. The van der Waals surface area contributed by atoms with Crippen molar-refractivity contribution >= 4 is 23.3 Å². The lowest BCUT2D eigenvalue weighted by Crippen LogP contribution is -2.43. The number of pyridine rings is 1. The lowest BCUT2D eigenvalue weighted by Gasteiger charge is -2.35. The number of amides is 1. The Hall–Kier alpha value is -2.89. The summed E-state index contributed by atoms with van der Waals surface area (Å²) in [4.78, 5) is 30.8. The number of nitrogens with one attached hydrogen (secondary N) is 1. The maximum absolute atomic E-state index is 13.0. The van der Waals surface area contributed by atoms with Crippen molar-refractivity contribution in [2.75, 3.05) is 19.0 Å². The normalized spacial score (nSPS) is 16.7. The van der Waals surface area contributed by atoms with Crippen LogP contribution in [0.15, 0.2) is 42.7 Å². The van der Waals surface area contributed by atoms with Crippen LogP contribution in [0.3, 0.4) is 0 Å². The van der Waals surface area contributed by atoms with Crippen molar-refractivity contribution in [3.63, 3.8) is 0 Å². The molecule has 1 fully saturated rings. The van der Waals surface area contributed by atoms with Crippen LogP contribution in [0.4, 0.5) is 11.4 Å². The van der Waals surface area contributed by atoms with E-state index in [4.69, 9.17) is 4.74 Å². The number of piperidine rings is 1. The van der Waals surface area contributed by atoms with Crippen LogP contribution in [0.5, 0.6) is 0 Å². The summed E-state index contributed by atoms with van der Waals surface area (Å²) < 4.78 is 4.75. The molecule has 1 saturated heterocycles. The van der Waals surface area contributed by atoms with Crippen molar-refractivity contribution in [3.8, 4) is 0 Å². The zero-order chi connectivity index (χ0) is 19.2. The molecule has 1 aromatic carbocycles. The Morgan fingerprint density at radius 3 is 2.78 bits per heavy atom. The fourth-order valence-corrected chi connectivity index (χ4v) is 3.49. The zero-order valence-corrected chi connectivity index (χ0v) is 15.8. The first kappa shape index (κ1) is 18.9. The van der Waals surface area contributed by atoms with E-state index in [-0.39, 0.29) is 5.91 Å². The van der Waals surface area contributed by atoms with E-state index in [1.165, 1.54) is 13.5 Å². The number of hydrogen-bond donors (Lipinski definition) is 1. The number of aromatic nitrogens is 1. The highest BCUT2D eigenvalue weighted by atomic mass is 16.5. The van der Waals surface area contributed by atoms with Crippen LogP contribution in [0.1, 0.15) is 53.3 Å². The van der Waals surface area contributed by atoms with Gasteiger partial charge in [-0.1, -0.05) is 13.0 Å². The SMILES string of the molecule is CCC1CCCCN1C(=O)c1cncc(Nc2cccc(C(=O)OC)c2)c1. The molecule has 0 saturated carbocycles. The van der Waals surface area contributed by atoms with Crippen molar-refractivity contribution in [1.82, 2.24) is 9.88 Å². The number of likely N-dealkylation sites (tertiary alicyclic amines) is 1. The van der Waals surface area contributed by atoms with Gasteiger partial charge in [-0.2, -0.15) is 0 Å². The maximum atomic E-state index is 13.0. The Labute approximate surface area is 159 Å². The molecule has 0 radical (unpaired) electrons. The molecular formula is C21H25N3O3. The molecule has 0 aliphatic carbocycles. The number of rotatable bonds is 5. The van der Waals surface area contributed by atoms with Crippen molar-refractivity contribution in [2.45, 2.75) is 38.6 Å². The monoisotopic (exact) mass is 367 g/mol. The van der Waals surface area contributed by atoms with Crippen LogP contribution in [0, 0.1) is 0 Å². The minimum atomic E-state index is -0.392. The van der Waals surface area contributed by atoms with Crippen molar-refractivity contribution < 1.29 is 14.3 Å². The second-order valence-corrected chi connectivity index (χ2v) is 6.72. The topological polar surface area (TPSA) is 71.5 Å². The quantitative estimate of drug-likeness (QED) is 0.808. The zero-order valence-electron chi connectivity index (χ0n) is 15.8. The molecule has 1 aromatic heterocycles. The van der Waals surface area contributed by atoms with Crippen molar-refractivity contribution in [3.05, 3.63) is 53.9 Å². The maximum Gasteiger partial charge on any atom is 0.337 e. The van der Waals surface area contributed by atoms with Crippen LogP contribution in [-0.2, 0) is 4.74 Å². The van der Waals surface area contributed by atoms with Crippen molar-refractivity contribution in [2.24, 2.45) is 0 Å². The smallest absolute Gasteiger partial charge is 0.337 e. The van der Waals surface area contributed by atoms with Gasteiger partial charge in [-0.05, 0) is 49.9 Å². The number of carbonyl (C=O) groups is 2. The van der Waals surface area contributed by atoms with Gasteiger partial charge in [0.25, 0.3) is 5.91 Å². The molecule has 2 heterocycles. The number of carbonyl (C=O) groups excluding carboxylic acids is 2. The third-order valence-corrected chi connectivity index (χ3v) is 4.92. The fraction of sp³-hybridized carbons (Fsp3) is 0.381. The summed E-state index contributed by atoms with van der Waals surface area (Å²) in [5.74, 6) is -0.363. The average Bonchev–Trinajstić information content (AvgIpc) is 2.73. The highest BCUT2D eigenvalue weighted by molar-refractivity contribution is 5.95. The van der Waals surface area contributed by atoms with E-state index < -0.39 is 5.97 Å². The van der Waals surface area contributed by atoms with Gasteiger partial charge in [-0.15, -0.1) is 0 Å². The predicted octanol–water partition coefficient (Wildman–Crippen LogP) is 4.02. The van der Waals surface area contributed by atoms with Gasteiger partial charge >= 0.3 is 5.97 Å². The molecule has 142 valence electrons. The molecule has 6 nitrogen and oxygen atoms in total. The van der Waals surface area contributed by atoms with E-state index in [9.17, 15) is 9.59 Å². The van der Waals surface area contributed by atoms with E-state index in [0.717, 1.165) is 31.5 Å². The first-order chi connectivity index (χ1) is 13.1. The fourth-order valence-electron chi connectivity index (χ4n) is 3.49. The summed E-state index contributed by atoms with van der Waals surface area (Å²) in [5.41, 5.74) is 2.47. The summed E-state index contributed by atoms with van der Waals surface area (Å²) in [5, 5.41) is 3.21. The van der Waals surface area contributed by atoms with Crippen molar-refractivity contribution in [1.29, 1.82) is 0 Å². The van der Waals surface area contributed by atoms with Crippen LogP contribution in [0.25, 0.3) is 0 Å².